The van der Waals surface area contributed by atoms with E-state index < -0.39 is 0 Å². The highest BCUT2D eigenvalue weighted by Gasteiger charge is 2.26. The molecule has 0 atom stereocenters. The molecule has 0 unspecified atom stereocenters. The highest BCUT2D eigenvalue weighted by Crippen LogP contribution is 2.47. The van der Waals surface area contributed by atoms with Gasteiger partial charge in [-0.1, -0.05) is 24.9 Å². The quantitative estimate of drug-likeness (QED) is 0.291. The van der Waals surface area contributed by atoms with Crippen molar-refractivity contribution in [1.82, 2.24) is 20.2 Å². The molecular weight excluding hydrogens is 470 g/mol. The van der Waals surface area contributed by atoms with Crippen LogP contribution in [0.25, 0.3) is 11.0 Å². The maximum atomic E-state index is 6.41. The number of unbranched alkanes of at least 4 members (excludes halogenated alkanes) is 1. The van der Waals surface area contributed by atoms with Crippen LogP contribution in [0.3, 0.4) is 0 Å². The smallest absolute Gasteiger partial charge is 0.186 e. The number of imidazole rings is 1. The molecule has 35 heavy (non-hydrogen) atoms. The second-order valence-electron chi connectivity index (χ2n) is 7.74. The Bertz CT molecular complexity index is 1270. The summed E-state index contributed by atoms with van der Waals surface area (Å²) in [5, 5.41) is 8.93. The zero-order chi connectivity index (χ0) is 24.9. The zero-order valence-corrected chi connectivity index (χ0v) is 21.1. The summed E-state index contributed by atoms with van der Waals surface area (Å²) < 4.78 is 22.3. The first-order chi connectivity index (χ1) is 17.0. The fraction of sp³-hybridized carbons (Fsp3) is 0.320. The van der Waals surface area contributed by atoms with E-state index in [9.17, 15) is 0 Å². The summed E-state index contributed by atoms with van der Waals surface area (Å²) in [6.45, 7) is 2.14. The largest absolute Gasteiger partial charge is 0.497 e. The zero-order valence-electron chi connectivity index (χ0n) is 20.4. The van der Waals surface area contributed by atoms with E-state index >= 15 is 0 Å². The third-order valence-corrected chi connectivity index (χ3v) is 5.89. The molecule has 0 amide bonds. The topological polar surface area (TPSA) is 94.6 Å². The number of aryl methyl sites for hydroxylation is 1. The van der Waals surface area contributed by atoms with Crippen LogP contribution in [-0.2, 0) is 6.42 Å². The van der Waals surface area contributed by atoms with Gasteiger partial charge in [-0.3, -0.25) is 4.90 Å². The number of nitrogens with zero attached hydrogens (tertiary/aromatic N) is 4. The Morgan fingerprint density at radius 1 is 0.857 bits per heavy atom. The van der Waals surface area contributed by atoms with E-state index in [1.807, 2.05) is 29.2 Å². The molecule has 0 bridgehead atoms. The lowest BCUT2D eigenvalue weighted by Crippen LogP contribution is -2.15. The molecule has 0 radical (unpaired) electrons. The second-order valence-corrected chi connectivity index (χ2v) is 8.09. The molecule has 184 valence electrons. The number of aromatic nitrogens is 4. The van der Waals surface area contributed by atoms with Crippen LogP contribution in [0.5, 0.6) is 23.0 Å². The minimum atomic E-state index is 0.228. The van der Waals surface area contributed by atoms with Gasteiger partial charge in [-0.05, 0) is 30.7 Å². The van der Waals surface area contributed by atoms with Crippen molar-refractivity contribution in [1.29, 1.82) is 0 Å². The van der Waals surface area contributed by atoms with Crippen LogP contribution in [-0.4, -0.2) is 48.6 Å². The van der Waals surface area contributed by atoms with Crippen LogP contribution in [0.4, 0.5) is 17.2 Å². The number of anilines is 3. The minimum Gasteiger partial charge on any atom is -0.497 e. The molecule has 4 rings (SSSR count). The summed E-state index contributed by atoms with van der Waals surface area (Å²) in [5.41, 5.74) is 2.60. The fourth-order valence-corrected chi connectivity index (χ4v) is 4.01. The van der Waals surface area contributed by atoms with Crippen molar-refractivity contribution in [3.8, 4) is 23.0 Å². The average Bonchev–Trinajstić information content (AvgIpc) is 3.34. The molecule has 2 heterocycles. The minimum absolute atomic E-state index is 0.228. The second kappa shape index (κ2) is 10.7. The lowest BCUT2D eigenvalue weighted by molar-refractivity contribution is 0.393. The number of hydrogen-bond donors (Lipinski definition) is 1. The first kappa shape index (κ1) is 24.4. The van der Waals surface area contributed by atoms with Gasteiger partial charge in [0.1, 0.15) is 39.9 Å². The number of halogens is 1. The summed E-state index contributed by atoms with van der Waals surface area (Å²) >= 11 is 6.41. The van der Waals surface area contributed by atoms with Gasteiger partial charge in [-0.2, -0.15) is 0 Å². The summed E-state index contributed by atoms with van der Waals surface area (Å²) in [6.07, 6.45) is 2.83. The van der Waals surface area contributed by atoms with E-state index in [1.165, 1.54) is 0 Å². The number of benzene rings is 2. The standard InChI is InChI=1S/C25H28ClN5O4/c1-6-7-8-21-27-22-23(28-21)25(30-29-24(22)26)31(17-11-9-15(32-2)13-19(17)34-4)18-12-10-16(33-3)14-20(18)35-5/h9-14H,6-8H2,1-5H3,(H,27,28). The summed E-state index contributed by atoms with van der Waals surface area (Å²) in [7, 11) is 6.42. The van der Waals surface area contributed by atoms with Crippen LogP contribution in [0.15, 0.2) is 36.4 Å². The molecule has 10 heteroatoms. The van der Waals surface area contributed by atoms with Gasteiger partial charge in [0, 0.05) is 18.6 Å². The molecule has 0 saturated heterocycles. The Hall–Kier alpha value is -3.72. The van der Waals surface area contributed by atoms with Gasteiger partial charge in [0.25, 0.3) is 0 Å². The first-order valence-corrected chi connectivity index (χ1v) is 11.6. The Balaban J connectivity index is 2.01. The molecule has 1 N–H and O–H groups in total. The Morgan fingerprint density at radius 3 is 1.97 bits per heavy atom. The third kappa shape index (κ3) is 4.77. The number of fused-ring (bicyclic) bond motifs is 1. The number of methoxy groups -OCH3 is 4. The molecule has 0 aliphatic heterocycles. The highest BCUT2D eigenvalue weighted by molar-refractivity contribution is 6.33. The van der Waals surface area contributed by atoms with E-state index in [0.29, 0.717) is 51.2 Å². The molecule has 0 fully saturated rings. The molecule has 0 aliphatic rings. The molecule has 2 aromatic carbocycles. The first-order valence-electron chi connectivity index (χ1n) is 11.2. The Labute approximate surface area is 209 Å². The Morgan fingerprint density at radius 2 is 1.46 bits per heavy atom. The monoisotopic (exact) mass is 497 g/mol. The van der Waals surface area contributed by atoms with E-state index in [4.69, 9.17) is 35.5 Å². The van der Waals surface area contributed by atoms with Crippen molar-refractivity contribution < 1.29 is 18.9 Å². The highest BCUT2D eigenvalue weighted by atomic mass is 35.5. The van der Waals surface area contributed by atoms with Gasteiger partial charge in [-0.25, -0.2) is 4.98 Å². The van der Waals surface area contributed by atoms with Crippen molar-refractivity contribution >= 4 is 39.8 Å². The van der Waals surface area contributed by atoms with Gasteiger partial charge in [0.2, 0.25) is 0 Å². The van der Waals surface area contributed by atoms with Gasteiger partial charge >= 0.3 is 0 Å². The third-order valence-electron chi connectivity index (χ3n) is 5.64. The summed E-state index contributed by atoms with van der Waals surface area (Å²) in [5.74, 6) is 3.76. The van der Waals surface area contributed by atoms with E-state index in [0.717, 1.165) is 25.1 Å². The molecule has 2 aromatic heterocycles. The van der Waals surface area contributed by atoms with E-state index in [-0.39, 0.29) is 5.15 Å². The summed E-state index contributed by atoms with van der Waals surface area (Å²) in [6, 6.07) is 11.1. The summed E-state index contributed by atoms with van der Waals surface area (Å²) in [4.78, 5) is 10.0. The Kier molecular flexibility index (Phi) is 7.45. The molecule has 0 spiro atoms. The van der Waals surface area contributed by atoms with Crippen LogP contribution in [0.1, 0.15) is 25.6 Å². The fourth-order valence-electron chi connectivity index (χ4n) is 3.84. The van der Waals surface area contributed by atoms with Crippen molar-refractivity contribution in [3.05, 3.63) is 47.4 Å². The van der Waals surface area contributed by atoms with Crippen LogP contribution >= 0.6 is 11.6 Å². The molecule has 4 aromatic rings. The number of ether oxygens (including phenoxy) is 4. The van der Waals surface area contributed by atoms with E-state index in [1.54, 1.807) is 40.6 Å². The van der Waals surface area contributed by atoms with Crippen molar-refractivity contribution in [2.24, 2.45) is 0 Å². The maximum Gasteiger partial charge on any atom is 0.186 e. The predicted octanol–water partition coefficient (Wildman–Crippen LogP) is 5.85. The van der Waals surface area contributed by atoms with Gasteiger partial charge < -0.3 is 23.9 Å². The van der Waals surface area contributed by atoms with Crippen molar-refractivity contribution in [2.45, 2.75) is 26.2 Å². The molecular formula is C25H28ClN5O4. The molecule has 0 saturated carbocycles. The maximum absolute atomic E-state index is 6.41. The lowest BCUT2D eigenvalue weighted by Gasteiger charge is -2.27. The van der Waals surface area contributed by atoms with Crippen molar-refractivity contribution in [3.63, 3.8) is 0 Å². The SMILES string of the molecule is CCCCc1nc2c(Cl)nnc(N(c3ccc(OC)cc3OC)c3ccc(OC)cc3OC)c2[nH]1. The van der Waals surface area contributed by atoms with Crippen LogP contribution < -0.4 is 23.8 Å². The van der Waals surface area contributed by atoms with E-state index in [2.05, 4.69) is 22.1 Å². The normalized spacial score (nSPS) is 10.9. The lowest BCUT2D eigenvalue weighted by atomic mass is 10.2. The van der Waals surface area contributed by atoms with Crippen molar-refractivity contribution in [2.75, 3.05) is 33.3 Å². The van der Waals surface area contributed by atoms with Crippen LogP contribution in [0, 0.1) is 0 Å². The van der Waals surface area contributed by atoms with Crippen LogP contribution in [0.2, 0.25) is 5.15 Å². The molecule has 0 aliphatic carbocycles. The number of rotatable bonds is 10. The molecule has 9 nitrogen and oxygen atoms in total. The average molecular weight is 498 g/mol. The number of aromatic amines is 1. The number of H-pyrrole nitrogens is 1. The predicted molar refractivity (Wildman–Crippen MR) is 136 cm³/mol. The van der Waals surface area contributed by atoms with Gasteiger partial charge in [-0.15, -0.1) is 10.2 Å². The number of nitrogens with one attached hydrogen (secondary N) is 1. The van der Waals surface area contributed by atoms with Gasteiger partial charge in [0.15, 0.2) is 11.0 Å². The van der Waals surface area contributed by atoms with Gasteiger partial charge in [0.05, 0.1) is 39.8 Å². The number of hydrogen-bond acceptors (Lipinski definition) is 8.